The molecule has 0 aromatic carbocycles. The van der Waals surface area contributed by atoms with Crippen LogP contribution in [-0.2, 0) is 19.1 Å². The van der Waals surface area contributed by atoms with E-state index in [9.17, 15) is 9.59 Å². The van der Waals surface area contributed by atoms with E-state index in [0.717, 1.165) is 0 Å². The Morgan fingerprint density at radius 1 is 1.25 bits per heavy atom. The molecule has 0 bridgehead atoms. The van der Waals surface area contributed by atoms with Crippen molar-refractivity contribution in [1.82, 2.24) is 5.32 Å². The minimum atomic E-state index is -0.758. The highest BCUT2D eigenvalue weighted by Crippen LogP contribution is 1.98. The molecule has 0 saturated carbocycles. The molecule has 0 aromatic heterocycles. The van der Waals surface area contributed by atoms with Crippen molar-refractivity contribution < 1.29 is 24.2 Å². The van der Waals surface area contributed by atoms with Gasteiger partial charge >= 0.3 is 11.9 Å². The lowest BCUT2D eigenvalue weighted by atomic mass is 10.2. The Labute approximate surface area is 94.9 Å². The zero-order valence-corrected chi connectivity index (χ0v) is 9.69. The van der Waals surface area contributed by atoms with Crippen LogP contribution in [0.2, 0.25) is 0 Å². The molecule has 0 aromatic rings. The highest BCUT2D eigenvalue weighted by molar-refractivity contribution is 5.82. The molecule has 0 radical (unpaired) electrons. The molecule has 1 atom stereocenters. The molecule has 0 heterocycles. The van der Waals surface area contributed by atoms with E-state index in [1.165, 1.54) is 0 Å². The third-order valence-electron chi connectivity index (χ3n) is 1.75. The summed E-state index contributed by atoms with van der Waals surface area (Å²) in [5.74, 6) is -0.977. The van der Waals surface area contributed by atoms with Crippen molar-refractivity contribution in [2.75, 3.05) is 26.4 Å². The Morgan fingerprint density at radius 3 is 2.38 bits per heavy atom. The van der Waals surface area contributed by atoms with Gasteiger partial charge in [-0.15, -0.1) is 0 Å². The van der Waals surface area contributed by atoms with E-state index in [1.54, 1.807) is 13.8 Å². The zero-order chi connectivity index (χ0) is 12.4. The molecule has 0 rings (SSSR count). The Bertz CT molecular complexity index is 219. The van der Waals surface area contributed by atoms with E-state index in [2.05, 4.69) is 5.32 Å². The smallest absolute Gasteiger partial charge is 0.323 e. The van der Waals surface area contributed by atoms with Crippen LogP contribution in [0.3, 0.4) is 0 Å². The summed E-state index contributed by atoms with van der Waals surface area (Å²) in [7, 11) is 0. The summed E-state index contributed by atoms with van der Waals surface area (Å²) in [5.41, 5.74) is 0. The van der Waals surface area contributed by atoms with Crippen LogP contribution in [0.5, 0.6) is 0 Å². The van der Waals surface area contributed by atoms with E-state index in [0.29, 0.717) is 0 Å². The van der Waals surface area contributed by atoms with Gasteiger partial charge in [-0.25, -0.2) is 0 Å². The summed E-state index contributed by atoms with van der Waals surface area (Å²) in [6.45, 7) is 4.01. The number of carbonyl (C=O) groups excluding carboxylic acids is 2. The van der Waals surface area contributed by atoms with E-state index < -0.39 is 18.0 Å². The van der Waals surface area contributed by atoms with Crippen LogP contribution < -0.4 is 5.32 Å². The van der Waals surface area contributed by atoms with E-state index >= 15 is 0 Å². The Morgan fingerprint density at radius 2 is 1.88 bits per heavy atom. The average Bonchev–Trinajstić information content (AvgIpc) is 2.24. The molecule has 6 nitrogen and oxygen atoms in total. The van der Waals surface area contributed by atoms with Gasteiger partial charge in [0.05, 0.1) is 26.2 Å². The fourth-order valence-corrected chi connectivity index (χ4v) is 1.11. The van der Waals surface area contributed by atoms with Crippen LogP contribution in [0, 0.1) is 0 Å². The lowest BCUT2D eigenvalue weighted by molar-refractivity contribution is -0.152. The molecular formula is C10H19NO5. The third-order valence-corrected chi connectivity index (χ3v) is 1.75. The van der Waals surface area contributed by atoms with Crippen molar-refractivity contribution in [3.05, 3.63) is 0 Å². The van der Waals surface area contributed by atoms with Crippen molar-refractivity contribution in [2.24, 2.45) is 0 Å². The fraction of sp³-hybridized carbons (Fsp3) is 0.800. The molecule has 0 aliphatic carbocycles. The van der Waals surface area contributed by atoms with Gasteiger partial charge in [0.25, 0.3) is 0 Å². The minimum Gasteiger partial charge on any atom is -0.466 e. The summed E-state index contributed by atoms with van der Waals surface area (Å²) in [6, 6.07) is -0.758. The predicted molar refractivity (Wildman–Crippen MR) is 56.8 cm³/mol. The topological polar surface area (TPSA) is 84.9 Å². The molecule has 16 heavy (non-hydrogen) atoms. The Balaban J connectivity index is 4.18. The largest absolute Gasteiger partial charge is 0.466 e. The van der Waals surface area contributed by atoms with Crippen molar-refractivity contribution >= 4 is 11.9 Å². The van der Waals surface area contributed by atoms with Crippen molar-refractivity contribution in [2.45, 2.75) is 26.3 Å². The number of rotatable bonds is 8. The fourth-order valence-electron chi connectivity index (χ4n) is 1.11. The molecule has 0 spiro atoms. The molecule has 0 saturated heterocycles. The summed E-state index contributed by atoms with van der Waals surface area (Å²) in [6.07, 6.45) is -0.0906. The second-order valence-electron chi connectivity index (χ2n) is 2.99. The molecule has 6 heteroatoms. The molecule has 0 amide bonds. The monoisotopic (exact) mass is 233 g/mol. The lowest BCUT2D eigenvalue weighted by Crippen LogP contribution is -2.41. The van der Waals surface area contributed by atoms with Crippen LogP contribution in [0.25, 0.3) is 0 Å². The summed E-state index contributed by atoms with van der Waals surface area (Å²) in [4.78, 5) is 22.6. The third kappa shape index (κ3) is 6.36. The molecular weight excluding hydrogens is 214 g/mol. The van der Waals surface area contributed by atoms with Crippen molar-refractivity contribution in [3.8, 4) is 0 Å². The average molecular weight is 233 g/mol. The molecule has 94 valence electrons. The molecule has 0 aliphatic rings. The maximum absolute atomic E-state index is 11.4. The maximum Gasteiger partial charge on any atom is 0.323 e. The van der Waals surface area contributed by atoms with Gasteiger partial charge in [-0.3, -0.25) is 9.59 Å². The first kappa shape index (κ1) is 14.9. The van der Waals surface area contributed by atoms with E-state index in [4.69, 9.17) is 14.6 Å². The first-order valence-electron chi connectivity index (χ1n) is 5.32. The minimum absolute atomic E-state index is 0.0906. The van der Waals surface area contributed by atoms with Gasteiger partial charge in [-0.2, -0.15) is 0 Å². The number of nitrogens with one attached hydrogen (secondary N) is 1. The first-order chi connectivity index (χ1) is 7.65. The summed E-state index contributed by atoms with van der Waals surface area (Å²) < 4.78 is 9.52. The van der Waals surface area contributed by atoms with Crippen LogP contribution >= 0.6 is 0 Å². The molecule has 0 fully saturated rings. The number of esters is 2. The van der Waals surface area contributed by atoms with Gasteiger partial charge in [0.2, 0.25) is 0 Å². The summed E-state index contributed by atoms with van der Waals surface area (Å²) >= 11 is 0. The number of hydrogen-bond donors (Lipinski definition) is 2. The van der Waals surface area contributed by atoms with Crippen molar-refractivity contribution in [3.63, 3.8) is 0 Å². The number of aliphatic hydroxyl groups excluding tert-OH is 1. The highest BCUT2D eigenvalue weighted by Gasteiger charge is 2.22. The Hall–Kier alpha value is -1.14. The quantitative estimate of drug-likeness (QED) is 0.547. The van der Waals surface area contributed by atoms with Gasteiger partial charge in [-0.1, -0.05) is 0 Å². The number of hydrogen-bond acceptors (Lipinski definition) is 6. The normalized spacial score (nSPS) is 11.9. The van der Waals surface area contributed by atoms with Crippen LogP contribution in [0.4, 0.5) is 0 Å². The van der Waals surface area contributed by atoms with Gasteiger partial charge < -0.3 is 19.9 Å². The van der Waals surface area contributed by atoms with E-state index in [-0.39, 0.29) is 32.8 Å². The van der Waals surface area contributed by atoms with Gasteiger partial charge in [-0.05, 0) is 13.8 Å². The summed E-state index contributed by atoms with van der Waals surface area (Å²) in [5, 5.41) is 11.4. The van der Waals surface area contributed by atoms with Crippen LogP contribution in [-0.4, -0.2) is 49.5 Å². The second kappa shape index (κ2) is 9.11. The van der Waals surface area contributed by atoms with Gasteiger partial charge in [0.1, 0.15) is 6.04 Å². The van der Waals surface area contributed by atoms with Gasteiger partial charge in [0.15, 0.2) is 0 Å². The zero-order valence-electron chi connectivity index (χ0n) is 9.69. The van der Waals surface area contributed by atoms with E-state index in [1.807, 2.05) is 0 Å². The molecule has 2 N–H and O–H groups in total. The molecule has 1 unspecified atom stereocenters. The number of ether oxygens (including phenoxy) is 2. The first-order valence-corrected chi connectivity index (χ1v) is 5.32. The standard InChI is InChI=1S/C10H19NO5/c1-3-15-9(13)7-8(11-5-6-12)10(14)16-4-2/h8,11-12H,3-7H2,1-2H3. The van der Waals surface area contributed by atoms with Gasteiger partial charge in [0, 0.05) is 6.54 Å². The lowest BCUT2D eigenvalue weighted by Gasteiger charge is -2.15. The number of aliphatic hydroxyl groups is 1. The maximum atomic E-state index is 11.4. The number of carbonyl (C=O) groups is 2. The van der Waals surface area contributed by atoms with Crippen LogP contribution in [0.15, 0.2) is 0 Å². The predicted octanol–water partition coefficient (Wildman–Crippen LogP) is -0.547. The van der Waals surface area contributed by atoms with Crippen LogP contribution in [0.1, 0.15) is 20.3 Å². The SMILES string of the molecule is CCOC(=O)CC(NCCO)C(=O)OCC. The highest BCUT2D eigenvalue weighted by atomic mass is 16.5. The second-order valence-corrected chi connectivity index (χ2v) is 2.99. The Kier molecular flexibility index (Phi) is 8.46. The van der Waals surface area contributed by atoms with Crippen molar-refractivity contribution in [1.29, 1.82) is 0 Å². The molecule has 0 aliphatic heterocycles.